The van der Waals surface area contributed by atoms with Crippen LogP contribution in [0.4, 0.5) is 0 Å². The van der Waals surface area contributed by atoms with E-state index in [-0.39, 0.29) is 12.6 Å². The highest BCUT2D eigenvalue weighted by molar-refractivity contribution is 5.98. The van der Waals surface area contributed by atoms with Crippen molar-refractivity contribution < 1.29 is 13.9 Å². The van der Waals surface area contributed by atoms with Crippen LogP contribution in [0.5, 0.6) is 0 Å². The summed E-state index contributed by atoms with van der Waals surface area (Å²) in [5, 5.41) is 0. The average molecular weight is 206 g/mol. The minimum Gasteiger partial charge on any atom is -0.404 e. The topological polar surface area (TPSA) is 27.7 Å². The molecule has 2 unspecified atom stereocenters. The third-order valence-electron chi connectivity index (χ3n) is 1.79. The highest BCUT2D eigenvalue weighted by atomic mass is 28.2. The van der Waals surface area contributed by atoms with E-state index in [1.54, 1.807) is 0 Å². The van der Waals surface area contributed by atoms with E-state index in [4.69, 9.17) is 13.9 Å². The Morgan fingerprint density at radius 1 is 1.31 bits per heavy atom. The van der Waals surface area contributed by atoms with Gasteiger partial charge in [-0.3, -0.25) is 0 Å². The number of unbranched alkanes of at least 4 members (excludes halogenated alkanes) is 1. The molecule has 0 saturated heterocycles. The molecule has 0 saturated carbocycles. The summed E-state index contributed by atoms with van der Waals surface area (Å²) in [6.07, 6.45) is 2.90. The molecule has 0 spiro atoms. The van der Waals surface area contributed by atoms with E-state index in [1.165, 1.54) is 0 Å². The maximum atomic E-state index is 5.49. The summed E-state index contributed by atoms with van der Waals surface area (Å²) in [7, 11) is 0.712. The van der Waals surface area contributed by atoms with Crippen molar-refractivity contribution in [1.82, 2.24) is 0 Å². The fourth-order valence-electron chi connectivity index (χ4n) is 0.965. The van der Waals surface area contributed by atoms with Crippen molar-refractivity contribution in [1.29, 1.82) is 0 Å². The van der Waals surface area contributed by atoms with Crippen LogP contribution >= 0.6 is 0 Å². The summed E-state index contributed by atoms with van der Waals surface area (Å²) < 4.78 is 16.1. The highest BCUT2D eigenvalue weighted by Crippen LogP contribution is 2.04. The lowest BCUT2D eigenvalue weighted by Crippen LogP contribution is -2.23. The van der Waals surface area contributed by atoms with E-state index < -0.39 is 0 Å². The monoisotopic (exact) mass is 206 g/mol. The van der Waals surface area contributed by atoms with Gasteiger partial charge < -0.3 is 13.9 Å². The molecule has 0 aromatic carbocycles. The summed E-state index contributed by atoms with van der Waals surface area (Å²) in [4.78, 5) is 0. The summed E-state index contributed by atoms with van der Waals surface area (Å²) in [6, 6.07) is 0. The molecule has 0 fully saturated rings. The molecule has 0 aliphatic carbocycles. The van der Waals surface area contributed by atoms with Gasteiger partial charge in [0.25, 0.3) is 0 Å². The Kier molecular flexibility index (Phi) is 8.75. The standard InChI is InChI=1S/C9H22O3Si/c1-4-6-7-10-8(3)11-9(5-2)12-13/h8-9H,4-7H2,1-3,13H3. The lowest BCUT2D eigenvalue weighted by Gasteiger charge is -2.20. The first kappa shape index (κ1) is 13.1. The lowest BCUT2D eigenvalue weighted by atomic mass is 10.4. The smallest absolute Gasteiger partial charge is 0.157 e. The van der Waals surface area contributed by atoms with Gasteiger partial charge in [0.1, 0.15) is 16.8 Å². The molecule has 80 valence electrons. The Morgan fingerprint density at radius 2 is 2.00 bits per heavy atom. The van der Waals surface area contributed by atoms with E-state index in [9.17, 15) is 0 Å². The van der Waals surface area contributed by atoms with E-state index in [0.717, 1.165) is 25.9 Å². The molecule has 3 nitrogen and oxygen atoms in total. The van der Waals surface area contributed by atoms with E-state index in [2.05, 4.69) is 6.92 Å². The van der Waals surface area contributed by atoms with Gasteiger partial charge in [-0.25, -0.2) is 0 Å². The zero-order valence-corrected chi connectivity index (χ0v) is 11.2. The third kappa shape index (κ3) is 7.19. The van der Waals surface area contributed by atoms with Crippen LogP contribution in [0.15, 0.2) is 0 Å². The van der Waals surface area contributed by atoms with Gasteiger partial charge in [-0.15, -0.1) is 0 Å². The van der Waals surface area contributed by atoms with Crippen LogP contribution in [0.3, 0.4) is 0 Å². The van der Waals surface area contributed by atoms with E-state index in [0.29, 0.717) is 10.5 Å². The fraction of sp³-hybridized carbons (Fsp3) is 1.00. The van der Waals surface area contributed by atoms with Crippen molar-refractivity contribution in [2.75, 3.05) is 6.61 Å². The van der Waals surface area contributed by atoms with Gasteiger partial charge in [-0.1, -0.05) is 20.3 Å². The normalized spacial score (nSPS) is 15.9. The fourth-order valence-corrected chi connectivity index (χ4v) is 1.41. The first-order valence-electron chi connectivity index (χ1n) is 5.04. The zero-order valence-electron chi connectivity index (χ0n) is 9.21. The van der Waals surface area contributed by atoms with Crippen molar-refractivity contribution in [3.8, 4) is 0 Å². The Bertz CT molecular complexity index is 107. The molecule has 2 atom stereocenters. The summed E-state index contributed by atoms with van der Waals surface area (Å²) in [5.41, 5.74) is 0. The van der Waals surface area contributed by atoms with Crippen LogP contribution in [-0.2, 0) is 13.9 Å². The molecule has 0 aliphatic heterocycles. The first-order valence-corrected chi connectivity index (χ1v) is 5.86. The molecule has 4 heteroatoms. The number of hydrogen-bond acceptors (Lipinski definition) is 3. The molecule has 0 aromatic heterocycles. The molecule has 0 radical (unpaired) electrons. The predicted octanol–water partition coefficient (Wildman–Crippen LogP) is 1.20. The molecule has 0 amide bonds. The van der Waals surface area contributed by atoms with Crippen LogP contribution in [0, 0.1) is 0 Å². The minimum absolute atomic E-state index is 0.0803. The SMILES string of the molecule is CCCCOC(C)OC(CC)O[SiH3]. The molecule has 0 aromatic rings. The van der Waals surface area contributed by atoms with Crippen molar-refractivity contribution in [3.05, 3.63) is 0 Å². The van der Waals surface area contributed by atoms with Gasteiger partial charge in [0, 0.05) is 6.61 Å². The molecule has 0 aliphatic rings. The molecular formula is C9H22O3Si. The second-order valence-electron chi connectivity index (χ2n) is 3.00. The largest absolute Gasteiger partial charge is 0.404 e. The van der Waals surface area contributed by atoms with E-state index in [1.807, 2.05) is 13.8 Å². The molecule has 0 bridgehead atoms. The molecule has 0 N–H and O–H groups in total. The number of rotatable bonds is 8. The maximum absolute atomic E-state index is 5.49. The van der Waals surface area contributed by atoms with Crippen LogP contribution in [0.2, 0.25) is 0 Å². The van der Waals surface area contributed by atoms with Crippen molar-refractivity contribution in [2.45, 2.75) is 52.6 Å². The first-order chi connectivity index (χ1) is 6.24. The van der Waals surface area contributed by atoms with Crippen LogP contribution < -0.4 is 0 Å². The van der Waals surface area contributed by atoms with Gasteiger partial charge in [0.05, 0.1) is 0 Å². The van der Waals surface area contributed by atoms with Gasteiger partial charge in [-0.05, 0) is 19.8 Å². The molecule has 0 rings (SSSR count). The van der Waals surface area contributed by atoms with Crippen LogP contribution in [-0.4, -0.2) is 29.7 Å². The molecular weight excluding hydrogens is 184 g/mol. The van der Waals surface area contributed by atoms with Crippen LogP contribution in [0.1, 0.15) is 40.0 Å². The second kappa shape index (κ2) is 8.68. The summed E-state index contributed by atoms with van der Waals surface area (Å²) in [5.74, 6) is 0. The van der Waals surface area contributed by atoms with Gasteiger partial charge >= 0.3 is 0 Å². The number of ether oxygens (including phenoxy) is 2. The second-order valence-corrected chi connectivity index (χ2v) is 3.47. The molecule has 13 heavy (non-hydrogen) atoms. The third-order valence-corrected chi connectivity index (χ3v) is 2.32. The quantitative estimate of drug-likeness (QED) is 0.339. The Labute approximate surface area is 84.3 Å². The summed E-state index contributed by atoms with van der Waals surface area (Å²) >= 11 is 0. The van der Waals surface area contributed by atoms with E-state index >= 15 is 0 Å². The van der Waals surface area contributed by atoms with Gasteiger partial charge in [0.2, 0.25) is 0 Å². The van der Waals surface area contributed by atoms with Crippen LogP contribution in [0.25, 0.3) is 0 Å². The van der Waals surface area contributed by atoms with Crippen molar-refractivity contribution >= 4 is 10.5 Å². The minimum atomic E-state index is -0.148. The average Bonchev–Trinajstić information content (AvgIpc) is 2.14. The van der Waals surface area contributed by atoms with Gasteiger partial charge in [-0.2, -0.15) is 0 Å². The van der Waals surface area contributed by atoms with Gasteiger partial charge in [0.15, 0.2) is 6.29 Å². The zero-order chi connectivity index (χ0) is 10.1. The van der Waals surface area contributed by atoms with Crippen molar-refractivity contribution in [2.24, 2.45) is 0 Å². The lowest BCUT2D eigenvalue weighted by molar-refractivity contribution is -0.210. The highest BCUT2D eigenvalue weighted by Gasteiger charge is 2.09. The Hall–Kier alpha value is 0.0969. The Balaban J connectivity index is 3.42. The molecule has 0 heterocycles. The number of hydrogen-bond donors (Lipinski definition) is 0. The predicted molar refractivity (Wildman–Crippen MR) is 56.5 cm³/mol. The van der Waals surface area contributed by atoms with Crippen molar-refractivity contribution in [3.63, 3.8) is 0 Å². The summed E-state index contributed by atoms with van der Waals surface area (Å²) in [6.45, 7) is 6.87. The maximum Gasteiger partial charge on any atom is 0.157 e. The Morgan fingerprint density at radius 3 is 2.46 bits per heavy atom.